The fourth-order valence-electron chi connectivity index (χ4n) is 13.3. The average molecular weight is 815 g/mol. The minimum Gasteiger partial charge on any atom is -0.456 e. The largest absolute Gasteiger partial charge is 0.456 e. The number of furan rings is 1. The van der Waals surface area contributed by atoms with Gasteiger partial charge in [-0.15, -0.1) is 11.3 Å². The first-order valence-corrected chi connectivity index (χ1v) is 24.1. The van der Waals surface area contributed by atoms with Gasteiger partial charge in [-0.25, -0.2) is 0 Å². The SMILES string of the molecule is CCCCc1cc2c3c(c1)C1(C)CCCCC1(C)N3c1cc3c(sc4ccccc43)c3c1B2N(c1ccccc1)c1cc2c(cc1-3)oc1cc3c(cc12)C(C)(C)CCC3(C)C. The Labute approximate surface area is 364 Å². The second kappa shape index (κ2) is 12.1. The molecule has 5 heteroatoms. The second-order valence-electron chi connectivity index (χ2n) is 21.2. The molecule has 3 nitrogen and oxygen atoms in total. The highest BCUT2D eigenvalue weighted by atomic mass is 32.1. The molecule has 5 heterocycles. The Hall–Kier alpha value is -5.00. The molecule has 2 aliphatic carbocycles. The fourth-order valence-corrected chi connectivity index (χ4v) is 14.6. The quantitative estimate of drug-likeness (QED) is 0.165. The van der Waals surface area contributed by atoms with Gasteiger partial charge in [-0.05, 0) is 138 Å². The molecule has 2 aromatic heterocycles. The molecular formula is C56H55BN2OS. The van der Waals surface area contributed by atoms with Crippen molar-refractivity contribution in [3.8, 4) is 11.1 Å². The third-order valence-electron chi connectivity index (χ3n) is 17.0. The summed E-state index contributed by atoms with van der Waals surface area (Å²) in [5.74, 6) is 0. The summed E-state index contributed by atoms with van der Waals surface area (Å²) in [6.07, 6.45) is 10.9. The van der Waals surface area contributed by atoms with Crippen LogP contribution in [0.25, 0.3) is 53.2 Å². The van der Waals surface area contributed by atoms with Crippen LogP contribution in [-0.4, -0.2) is 12.4 Å². The molecule has 0 spiro atoms. The lowest BCUT2D eigenvalue weighted by Crippen LogP contribution is -2.64. The molecule has 61 heavy (non-hydrogen) atoms. The molecule has 1 fully saturated rings. The first-order valence-electron chi connectivity index (χ1n) is 23.3. The zero-order chi connectivity index (χ0) is 41.4. The lowest BCUT2D eigenvalue weighted by atomic mass is 9.43. The molecule has 13 rings (SSSR count). The van der Waals surface area contributed by atoms with Gasteiger partial charge in [0.1, 0.15) is 11.2 Å². The van der Waals surface area contributed by atoms with Crippen molar-refractivity contribution < 1.29 is 4.42 Å². The molecular weight excluding hydrogens is 760 g/mol. The van der Waals surface area contributed by atoms with Crippen LogP contribution in [0.15, 0.2) is 101 Å². The van der Waals surface area contributed by atoms with Gasteiger partial charge in [0, 0.05) is 70.2 Å². The fraction of sp³-hybridized carbons (Fsp3) is 0.357. The van der Waals surface area contributed by atoms with E-state index in [-0.39, 0.29) is 28.6 Å². The van der Waals surface area contributed by atoms with Crippen LogP contribution in [0.4, 0.5) is 22.7 Å². The van der Waals surface area contributed by atoms with Crippen LogP contribution >= 0.6 is 11.3 Å². The van der Waals surface area contributed by atoms with Gasteiger partial charge < -0.3 is 14.1 Å². The Kier molecular flexibility index (Phi) is 7.29. The Bertz CT molecular complexity index is 3210. The maximum atomic E-state index is 7.11. The van der Waals surface area contributed by atoms with Crippen LogP contribution in [0, 0.1) is 0 Å². The average Bonchev–Trinajstić information content (AvgIpc) is 3.88. The van der Waals surface area contributed by atoms with E-state index in [4.69, 9.17) is 4.42 Å². The van der Waals surface area contributed by atoms with E-state index in [1.165, 1.54) is 144 Å². The van der Waals surface area contributed by atoms with Crippen molar-refractivity contribution in [3.05, 3.63) is 119 Å². The van der Waals surface area contributed by atoms with Crippen molar-refractivity contribution in [2.45, 2.75) is 128 Å². The Morgan fingerprint density at radius 2 is 1.38 bits per heavy atom. The van der Waals surface area contributed by atoms with E-state index in [0.717, 1.165) is 17.6 Å². The maximum absolute atomic E-state index is 7.11. The highest BCUT2D eigenvalue weighted by molar-refractivity contribution is 7.26. The normalized spacial score (nSPS) is 22.8. The van der Waals surface area contributed by atoms with E-state index in [1.807, 2.05) is 11.3 Å². The topological polar surface area (TPSA) is 19.6 Å². The van der Waals surface area contributed by atoms with Crippen molar-refractivity contribution in [1.82, 2.24) is 0 Å². The summed E-state index contributed by atoms with van der Waals surface area (Å²) in [7, 11) is 0. The number of anilines is 4. The number of rotatable bonds is 4. The number of para-hydroxylation sites is 1. The van der Waals surface area contributed by atoms with Gasteiger partial charge >= 0.3 is 6.85 Å². The summed E-state index contributed by atoms with van der Waals surface area (Å²) in [6.45, 7) is 17.3. The summed E-state index contributed by atoms with van der Waals surface area (Å²) in [4.78, 5) is 5.65. The first-order chi connectivity index (χ1) is 29.4. The standard InChI is InChI=1S/C56H55BN2OS/c1-8-9-17-33-26-42-51-43(27-33)57-50-45(58(51)56(7)23-16-15-22-55(42,56)6)30-38-35-20-13-14-21-48(35)61-52(38)49(50)39-31-46-37(29-44(39)59(57)34-18-11-10-12-19-34)36-28-40-41(32-47(36)60-46)54(4,5)25-24-53(40,2)3/h10-14,18-21,26-32H,8-9,15-17,22-25H2,1-7H3. The molecule has 0 bridgehead atoms. The number of nitrogens with zero attached hydrogens (tertiary/aromatic N) is 2. The number of benzene rings is 6. The summed E-state index contributed by atoms with van der Waals surface area (Å²) in [6, 6.07) is 38.3. The molecule has 5 aliphatic rings. The van der Waals surface area contributed by atoms with Gasteiger partial charge in [0.25, 0.3) is 0 Å². The highest BCUT2D eigenvalue weighted by Crippen LogP contribution is 2.63. The smallest absolute Gasteiger partial charge is 0.333 e. The van der Waals surface area contributed by atoms with Crippen LogP contribution in [-0.2, 0) is 22.7 Å². The van der Waals surface area contributed by atoms with Gasteiger partial charge in [0.05, 0.1) is 5.54 Å². The second-order valence-corrected chi connectivity index (χ2v) is 22.3. The van der Waals surface area contributed by atoms with E-state index in [1.54, 1.807) is 5.56 Å². The summed E-state index contributed by atoms with van der Waals surface area (Å²) in [5.41, 5.74) is 19.3. The first kappa shape index (κ1) is 36.6. The van der Waals surface area contributed by atoms with E-state index >= 15 is 0 Å². The van der Waals surface area contributed by atoms with E-state index < -0.39 is 0 Å². The van der Waals surface area contributed by atoms with Gasteiger partial charge in [-0.2, -0.15) is 0 Å². The number of thiophene rings is 1. The Morgan fingerprint density at radius 3 is 2.18 bits per heavy atom. The minimum atomic E-state index is -0.0365. The molecule has 1 saturated carbocycles. The molecule has 6 aromatic carbocycles. The van der Waals surface area contributed by atoms with Crippen molar-refractivity contribution >= 4 is 94.0 Å². The van der Waals surface area contributed by atoms with Crippen molar-refractivity contribution in [2.24, 2.45) is 0 Å². The van der Waals surface area contributed by atoms with Crippen molar-refractivity contribution in [3.63, 3.8) is 0 Å². The Morgan fingerprint density at radius 1 is 0.672 bits per heavy atom. The molecule has 304 valence electrons. The number of hydrogen-bond donors (Lipinski definition) is 0. The molecule has 2 atom stereocenters. The molecule has 8 aromatic rings. The zero-order valence-electron chi connectivity index (χ0n) is 36.9. The Balaban J connectivity index is 1.20. The van der Waals surface area contributed by atoms with Crippen molar-refractivity contribution in [1.29, 1.82) is 0 Å². The zero-order valence-corrected chi connectivity index (χ0v) is 37.7. The van der Waals surface area contributed by atoms with Crippen LogP contribution < -0.4 is 20.6 Å². The van der Waals surface area contributed by atoms with Crippen LogP contribution in [0.3, 0.4) is 0 Å². The molecule has 0 saturated heterocycles. The third kappa shape index (κ3) is 4.61. The maximum Gasteiger partial charge on any atom is 0.333 e. The van der Waals surface area contributed by atoms with Crippen LogP contribution in [0.5, 0.6) is 0 Å². The number of fused-ring (bicyclic) bond motifs is 15. The highest BCUT2D eigenvalue weighted by Gasteiger charge is 2.62. The minimum absolute atomic E-state index is 0.0107. The number of hydrogen-bond acceptors (Lipinski definition) is 4. The summed E-state index contributed by atoms with van der Waals surface area (Å²) < 4.78 is 9.86. The van der Waals surface area contributed by atoms with Gasteiger partial charge in [0.15, 0.2) is 0 Å². The predicted molar refractivity (Wildman–Crippen MR) is 262 cm³/mol. The number of aryl methyl sites for hydroxylation is 1. The van der Waals surface area contributed by atoms with Gasteiger partial charge in [-0.1, -0.05) is 109 Å². The lowest BCUT2D eigenvalue weighted by molar-refractivity contribution is 0.195. The molecule has 0 amide bonds. The monoisotopic (exact) mass is 814 g/mol. The molecule has 0 radical (unpaired) electrons. The molecule has 0 N–H and O–H groups in total. The van der Waals surface area contributed by atoms with Crippen LogP contribution in [0.2, 0.25) is 0 Å². The van der Waals surface area contributed by atoms with Gasteiger partial charge in [0.2, 0.25) is 0 Å². The van der Waals surface area contributed by atoms with E-state index in [2.05, 4.69) is 155 Å². The molecule has 2 unspecified atom stereocenters. The summed E-state index contributed by atoms with van der Waals surface area (Å²) >= 11 is 1.98. The molecule has 3 aliphatic heterocycles. The van der Waals surface area contributed by atoms with Crippen molar-refractivity contribution in [2.75, 3.05) is 9.71 Å². The summed E-state index contributed by atoms with van der Waals surface area (Å²) in [5, 5.41) is 5.20. The predicted octanol–water partition coefficient (Wildman–Crippen LogP) is 14.6. The third-order valence-corrected chi connectivity index (χ3v) is 18.2. The van der Waals surface area contributed by atoms with E-state index in [9.17, 15) is 0 Å². The van der Waals surface area contributed by atoms with Crippen LogP contribution in [0.1, 0.15) is 122 Å². The lowest BCUT2D eigenvalue weighted by Gasteiger charge is -2.53. The van der Waals surface area contributed by atoms with E-state index in [0.29, 0.717) is 0 Å². The van der Waals surface area contributed by atoms with Gasteiger partial charge in [-0.3, -0.25) is 0 Å². The number of unbranched alkanes of at least 4 members (excludes halogenated alkanes) is 1.